The fourth-order valence-electron chi connectivity index (χ4n) is 1.17. The molecule has 2 N–H and O–H groups in total. The van der Waals surface area contributed by atoms with Crippen LogP contribution in [0.3, 0.4) is 0 Å². The first-order chi connectivity index (χ1) is 8.41. The van der Waals surface area contributed by atoms with E-state index in [4.69, 9.17) is 19.7 Å². The summed E-state index contributed by atoms with van der Waals surface area (Å²) in [6.45, 7) is 3.57. The average Bonchev–Trinajstić information content (AvgIpc) is 2.35. The van der Waals surface area contributed by atoms with Gasteiger partial charge in [-0.05, 0) is 25.7 Å². The van der Waals surface area contributed by atoms with Crippen LogP contribution < -0.4 is 0 Å². The van der Waals surface area contributed by atoms with E-state index in [-0.39, 0.29) is 20.6 Å². The third kappa shape index (κ3) is 18.6. The van der Waals surface area contributed by atoms with Crippen molar-refractivity contribution in [3.05, 3.63) is 0 Å². The number of hydrogen-bond acceptors (Lipinski definition) is 5. The van der Waals surface area contributed by atoms with E-state index in [1.807, 2.05) is 11.8 Å². The third-order valence-electron chi connectivity index (χ3n) is 2.14. The number of thioether (sulfide) groups is 1. The summed E-state index contributed by atoms with van der Waals surface area (Å²) in [6.07, 6.45) is 3.54. The second-order valence-corrected chi connectivity index (χ2v) is 4.92. The van der Waals surface area contributed by atoms with Crippen LogP contribution in [-0.2, 0) is 9.47 Å². The Labute approximate surface area is 116 Å². The lowest BCUT2D eigenvalue weighted by Crippen LogP contribution is -2.03. The first kappa shape index (κ1) is 20.5. The number of rotatable bonds is 14. The Kier molecular flexibility index (Phi) is 22.2. The minimum Gasteiger partial charge on any atom is -0.396 e. The summed E-state index contributed by atoms with van der Waals surface area (Å²) < 4.78 is 10.8. The molecule has 18 heavy (non-hydrogen) atoms. The van der Waals surface area contributed by atoms with Crippen LogP contribution in [0, 0.1) is 0 Å². The van der Waals surface area contributed by atoms with Crippen LogP contribution in [0.15, 0.2) is 0 Å². The van der Waals surface area contributed by atoms with Gasteiger partial charge in [0.25, 0.3) is 0 Å². The summed E-state index contributed by atoms with van der Waals surface area (Å²) in [7, 11) is 0. The summed E-state index contributed by atoms with van der Waals surface area (Å²) in [5, 5.41) is 17.1. The van der Waals surface area contributed by atoms with E-state index in [0.29, 0.717) is 0 Å². The fraction of sp³-hybridized carbons (Fsp3) is 1.00. The molecule has 4 nitrogen and oxygen atoms in total. The highest BCUT2D eigenvalue weighted by Gasteiger charge is 1.92. The molecule has 112 valence electrons. The van der Waals surface area contributed by atoms with Gasteiger partial charge in [0.1, 0.15) is 0 Å². The monoisotopic (exact) mass is 282 g/mol. The van der Waals surface area contributed by atoms with Crippen molar-refractivity contribution in [1.82, 2.24) is 0 Å². The van der Waals surface area contributed by atoms with Crippen molar-refractivity contribution in [3.8, 4) is 0 Å². The van der Waals surface area contributed by atoms with Gasteiger partial charge in [-0.15, -0.1) is 0 Å². The second-order valence-electron chi connectivity index (χ2n) is 3.70. The van der Waals surface area contributed by atoms with Crippen molar-refractivity contribution in [2.45, 2.75) is 33.1 Å². The predicted molar refractivity (Wildman–Crippen MR) is 78.3 cm³/mol. The fourth-order valence-corrected chi connectivity index (χ4v) is 1.85. The number of aliphatic hydroxyl groups excluding tert-OH is 2. The van der Waals surface area contributed by atoms with E-state index in [1.54, 1.807) is 0 Å². The number of unbranched alkanes of at least 4 members (excludes halogenated alkanes) is 2. The topological polar surface area (TPSA) is 58.9 Å². The molecule has 0 aliphatic carbocycles. The number of hydrogen-bond donors (Lipinski definition) is 2. The summed E-state index contributed by atoms with van der Waals surface area (Å²) in [5.74, 6) is 2.00. The molecule has 0 bridgehead atoms. The minimum absolute atomic E-state index is 0. The van der Waals surface area contributed by atoms with Gasteiger partial charge in [0, 0.05) is 37.9 Å². The van der Waals surface area contributed by atoms with Gasteiger partial charge in [-0.2, -0.15) is 11.8 Å². The molecule has 0 aromatic heterocycles. The van der Waals surface area contributed by atoms with Crippen molar-refractivity contribution < 1.29 is 19.7 Å². The molecule has 0 atom stereocenters. The highest BCUT2D eigenvalue weighted by atomic mass is 32.2. The molecule has 0 aromatic carbocycles. The van der Waals surface area contributed by atoms with Crippen LogP contribution in [0.2, 0.25) is 0 Å². The zero-order chi connectivity index (χ0) is 12.6. The van der Waals surface area contributed by atoms with E-state index in [9.17, 15) is 0 Å². The number of ether oxygens (including phenoxy) is 2. The SMILES string of the molecule is C.OCCCCOCCSCCOCCCCO. The Morgan fingerprint density at radius 1 is 0.667 bits per heavy atom. The minimum atomic E-state index is 0. The summed E-state index contributed by atoms with van der Waals surface area (Å²) in [4.78, 5) is 0. The quantitative estimate of drug-likeness (QED) is 0.477. The van der Waals surface area contributed by atoms with Crippen LogP contribution >= 0.6 is 11.8 Å². The average molecular weight is 282 g/mol. The lowest BCUT2D eigenvalue weighted by Gasteiger charge is -2.05. The Hall–Kier alpha value is 0.190. The van der Waals surface area contributed by atoms with Gasteiger partial charge in [-0.25, -0.2) is 0 Å². The molecule has 0 aliphatic heterocycles. The molecule has 0 unspecified atom stereocenters. The smallest absolute Gasteiger partial charge is 0.0556 e. The number of aliphatic hydroxyl groups is 2. The van der Waals surface area contributed by atoms with E-state index in [0.717, 1.165) is 63.6 Å². The zero-order valence-electron chi connectivity index (χ0n) is 10.6. The molecule has 0 aliphatic rings. The van der Waals surface area contributed by atoms with Crippen LogP contribution in [0.4, 0.5) is 0 Å². The van der Waals surface area contributed by atoms with Crippen LogP contribution in [-0.4, -0.2) is 61.4 Å². The van der Waals surface area contributed by atoms with Crippen molar-refractivity contribution in [2.24, 2.45) is 0 Å². The molecular formula is C13H30O4S. The van der Waals surface area contributed by atoms with Crippen molar-refractivity contribution >= 4 is 11.8 Å². The maximum atomic E-state index is 8.56. The molecule has 0 radical (unpaired) electrons. The predicted octanol–water partition coefficient (Wildman–Crippen LogP) is 1.93. The Balaban J connectivity index is 0. The Morgan fingerprint density at radius 3 is 1.50 bits per heavy atom. The highest BCUT2D eigenvalue weighted by Crippen LogP contribution is 2.00. The van der Waals surface area contributed by atoms with Gasteiger partial charge in [0.15, 0.2) is 0 Å². The first-order valence-corrected chi connectivity index (χ1v) is 7.52. The Morgan fingerprint density at radius 2 is 1.11 bits per heavy atom. The molecule has 0 heterocycles. The lowest BCUT2D eigenvalue weighted by molar-refractivity contribution is 0.137. The molecule has 0 amide bonds. The summed E-state index contributed by atoms with van der Waals surface area (Å²) in [6, 6.07) is 0. The van der Waals surface area contributed by atoms with Gasteiger partial charge >= 0.3 is 0 Å². The molecule has 0 rings (SSSR count). The van der Waals surface area contributed by atoms with Gasteiger partial charge in [-0.3, -0.25) is 0 Å². The molecular weight excluding hydrogens is 252 g/mol. The molecule has 0 fully saturated rings. The van der Waals surface area contributed by atoms with E-state index in [1.165, 1.54) is 0 Å². The van der Waals surface area contributed by atoms with Crippen LogP contribution in [0.25, 0.3) is 0 Å². The van der Waals surface area contributed by atoms with Crippen molar-refractivity contribution in [2.75, 3.05) is 51.1 Å². The van der Waals surface area contributed by atoms with Crippen LogP contribution in [0.5, 0.6) is 0 Å². The van der Waals surface area contributed by atoms with Gasteiger partial charge in [0.2, 0.25) is 0 Å². The van der Waals surface area contributed by atoms with Gasteiger partial charge in [0.05, 0.1) is 13.2 Å². The van der Waals surface area contributed by atoms with Crippen LogP contribution in [0.1, 0.15) is 33.1 Å². The second kappa shape index (κ2) is 19.5. The standard InChI is InChI=1S/C12H26O4S.CH4/c13-5-1-3-7-15-9-11-17-12-10-16-8-4-2-6-14;/h13-14H,1-12H2;1H4. The van der Waals surface area contributed by atoms with Crippen molar-refractivity contribution in [1.29, 1.82) is 0 Å². The summed E-state index contributed by atoms with van der Waals surface area (Å²) >= 11 is 1.83. The normalized spacial score (nSPS) is 10.3. The summed E-state index contributed by atoms with van der Waals surface area (Å²) in [5.41, 5.74) is 0. The van der Waals surface area contributed by atoms with E-state index >= 15 is 0 Å². The first-order valence-electron chi connectivity index (χ1n) is 6.36. The zero-order valence-corrected chi connectivity index (χ0v) is 11.4. The third-order valence-corrected chi connectivity index (χ3v) is 3.05. The van der Waals surface area contributed by atoms with E-state index < -0.39 is 0 Å². The Bertz CT molecular complexity index is 122. The van der Waals surface area contributed by atoms with Gasteiger partial charge in [-0.1, -0.05) is 7.43 Å². The molecule has 0 saturated heterocycles. The van der Waals surface area contributed by atoms with Crippen molar-refractivity contribution in [3.63, 3.8) is 0 Å². The lowest BCUT2D eigenvalue weighted by atomic mass is 10.3. The maximum absolute atomic E-state index is 8.56. The maximum Gasteiger partial charge on any atom is 0.0556 e. The molecule has 5 heteroatoms. The highest BCUT2D eigenvalue weighted by molar-refractivity contribution is 7.99. The molecule has 0 saturated carbocycles. The van der Waals surface area contributed by atoms with E-state index in [2.05, 4.69) is 0 Å². The van der Waals surface area contributed by atoms with Gasteiger partial charge < -0.3 is 19.7 Å². The molecule has 0 spiro atoms. The largest absolute Gasteiger partial charge is 0.396 e. The molecule has 0 aromatic rings.